The molecule has 0 saturated heterocycles. The third kappa shape index (κ3) is 6.62. The Kier molecular flexibility index (Phi) is 5.41. The van der Waals surface area contributed by atoms with Crippen LogP contribution in [0, 0.1) is 0 Å². The molecule has 0 aromatic carbocycles. The first-order chi connectivity index (χ1) is 8.72. The molecule has 1 aromatic rings. The normalized spacial score (nSPS) is 12.8. The van der Waals surface area contributed by atoms with Crippen molar-refractivity contribution in [3.63, 3.8) is 0 Å². The lowest BCUT2D eigenvalue weighted by molar-refractivity contribution is 0.268. The van der Waals surface area contributed by atoms with E-state index in [4.69, 9.17) is 5.11 Å². The first kappa shape index (κ1) is 16.0. The summed E-state index contributed by atoms with van der Waals surface area (Å²) in [6.07, 6.45) is 2.87. The lowest BCUT2D eigenvalue weighted by Gasteiger charge is -2.25. The minimum absolute atomic E-state index is 0.0154. The summed E-state index contributed by atoms with van der Waals surface area (Å²) in [6.45, 7) is 4.97. The topological polar surface area (TPSA) is 109 Å². The molecule has 1 rings (SSSR count). The van der Waals surface area contributed by atoms with Crippen molar-refractivity contribution in [3.05, 3.63) is 11.9 Å². The van der Waals surface area contributed by atoms with E-state index in [2.05, 4.69) is 20.4 Å². The quantitative estimate of drug-likeness (QED) is 0.548. The van der Waals surface area contributed by atoms with Gasteiger partial charge in [-0.25, -0.2) is 17.8 Å². The molecule has 0 saturated carbocycles. The van der Waals surface area contributed by atoms with Crippen LogP contribution in [0.25, 0.3) is 0 Å². The molecule has 0 aliphatic carbocycles. The van der Waals surface area contributed by atoms with Crippen LogP contribution in [-0.2, 0) is 23.1 Å². The van der Waals surface area contributed by atoms with Crippen LogP contribution in [0.2, 0.25) is 0 Å². The van der Waals surface area contributed by atoms with Crippen LogP contribution in [0.15, 0.2) is 6.20 Å². The van der Waals surface area contributed by atoms with Gasteiger partial charge in [0.15, 0.2) is 0 Å². The van der Waals surface area contributed by atoms with Gasteiger partial charge in [0.1, 0.15) is 0 Å². The van der Waals surface area contributed by atoms with E-state index in [1.54, 1.807) is 24.7 Å². The van der Waals surface area contributed by atoms with Crippen LogP contribution < -0.4 is 10.0 Å². The van der Waals surface area contributed by atoms with E-state index in [1.807, 2.05) is 0 Å². The van der Waals surface area contributed by atoms with Crippen molar-refractivity contribution in [2.45, 2.75) is 32.5 Å². The van der Waals surface area contributed by atoms with Gasteiger partial charge in [0.2, 0.25) is 10.0 Å². The van der Waals surface area contributed by atoms with Gasteiger partial charge in [-0.15, -0.1) is 5.10 Å². The van der Waals surface area contributed by atoms with Crippen molar-refractivity contribution in [2.75, 3.05) is 19.4 Å². The number of aliphatic hydroxyl groups excluding tert-OH is 1. The summed E-state index contributed by atoms with van der Waals surface area (Å²) >= 11 is 0. The predicted molar refractivity (Wildman–Crippen MR) is 70.9 cm³/mol. The molecule has 1 aromatic heterocycles. The molecule has 0 aliphatic rings. The van der Waals surface area contributed by atoms with Gasteiger partial charge in [-0.3, -0.25) is 0 Å². The van der Waals surface area contributed by atoms with Crippen LogP contribution in [0.1, 0.15) is 19.5 Å². The fourth-order valence-electron chi connectivity index (χ4n) is 1.67. The summed E-state index contributed by atoms with van der Waals surface area (Å²) in [5.74, 6) is 0. The van der Waals surface area contributed by atoms with E-state index in [0.29, 0.717) is 19.6 Å². The second kappa shape index (κ2) is 6.42. The summed E-state index contributed by atoms with van der Waals surface area (Å²) in [4.78, 5) is 0. The first-order valence-corrected chi connectivity index (χ1v) is 7.80. The maximum atomic E-state index is 11.2. The average Bonchev–Trinajstić information content (AvgIpc) is 2.62. The molecule has 0 unspecified atom stereocenters. The Morgan fingerprint density at radius 2 is 2.16 bits per heavy atom. The highest BCUT2D eigenvalue weighted by molar-refractivity contribution is 7.88. The number of nitrogens with zero attached hydrogens (tertiary/aromatic N) is 3. The minimum atomic E-state index is -3.23. The second-order valence-electron chi connectivity index (χ2n) is 5.06. The van der Waals surface area contributed by atoms with Gasteiger partial charge < -0.3 is 10.4 Å². The van der Waals surface area contributed by atoms with E-state index in [0.717, 1.165) is 11.9 Å². The van der Waals surface area contributed by atoms with Crippen LogP contribution in [-0.4, -0.2) is 53.5 Å². The monoisotopic (exact) mass is 291 g/mol. The van der Waals surface area contributed by atoms with Gasteiger partial charge in [0.25, 0.3) is 0 Å². The summed E-state index contributed by atoms with van der Waals surface area (Å²) in [5.41, 5.74) is 0.165. The third-order valence-corrected chi connectivity index (χ3v) is 3.17. The maximum Gasteiger partial charge on any atom is 0.209 e. The van der Waals surface area contributed by atoms with Crippen LogP contribution in [0.5, 0.6) is 0 Å². The molecule has 0 fully saturated rings. The Morgan fingerprint density at radius 3 is 2.74 bits per heavy atom. The van der Waals surface area contributed by atoms with Crippen LogP contribution in [0.3, 0.4) is 0 Å². The molecular formula is C10H21N5O3S. The van der Waals surface area contributed by atoms with E-state index < -0.39 is 15.6 Å². The molecule has 0 radical (unpaired) electrons. The largest absolute Gasteiger partial charge is 0.394 e. The molecule has 19 heavy (non-hydrogen) atoms. The SMILES string of the molecule is CC(C)(CNCc1cn(CCO)nn1)NS(C)(=O)=O. The molecule has 8 nitrogen and oxygen atoms in total. The van der Waals surface area contributed by atoms with Crippen molar-refractivity contribution in [1.82, 2.24) is 25.0 Å². The number of hydrogen-bond acceptors (Lipinski definition) is 6. The average molecular weight is 291 g/mol. The van der Waals surface area contributed by atoms with E-state index >= 15 is 0 Å². The molecule has 1 heterocycles. The molecule has 0 atom stereocenters. The van der Waals surface area contributed by atoms with Crippen LogP contribution in [0.4, 0.5) is 0 Å². The molecule has 0 aliphatic heterocycles. The first-order valence-electron chi connectivity index (χ1n) is 5.91. The lowest BCUT2D eigenvalue weighted by atomic mass is 10.1. The van der Waals surface area contributed by atoms with Gasteiger partial charge in [-0.2, -0.15) is 0 Å². The highest BCUT2D eigenvalue weighted by atomic mass is 32.2. The highest BCUT2D eigenvalue weighted by Crippen LogP contribution is 2.02. The summed E-state index contributed by atoms with van der Waals surface area (Å²) in [6, 6.07) is 0. The number of hydrogen-bond donors (Lipinski definition) is 3. The zero-order valence-electron chi connectivity index (χ0n) is 11.4. The Hall–Kier alpha value is -1.03. The molecule has 9 heteroatoms. The molecule has 110 valence electrons. The van der Waals surface area contributed by atoms with Gasteiger partial charge in [0, 0.05) is 24.8 Å². The Bertz CT molecular complexity index is 497. The fourth-order valence-corrected chi connectivity index (χ4v) is 2.75. The van der Waals surface area contributed by atoms with E-state index in [9.17, 15) is 8.42 Å². The molecule has 0 amide bonds. The Balaban J connectivity index is 2.40. The van der Waals surface area contributed by atoms with Gasteiger partial charge in [-0.05, 0) is 13.8 Å². The summed E-state index contributed by atoms with van der Waals surface area (Å²) in [7, 11) is -3.23. The van der Waals surface area contributed by atoms with Crippen molar-refractivity contribution >= 4 is 10.0 Å². The number of nitrogens with one attached hydrogen (secondary N) is 2. The van der Waals surface area contributed by atoms with Crippen molar-refractivity contribution in [3.8, 4) is 0 Å². The summed E-state index contributed by atoms with van der Waals surface area (Å²) in [5, 5.41) is 19.6. The number of aliphatic hydroxyl groups is 1. The maximum absolute atomic E-state index is 11.2. The Morgan fingerprint density at radius 1 is 1.47 bits per heavy atom. The third-order valence-electron chi connectivity index (χ3n) is 2.25. The second-order valence-corrected chi connectivity index (χ2v) is 6.81. The minimum Gasteiger partial charge on any atom is -0.394 e. The van der Waals surface area contributed by atoms with Gasteiger partial charge in [0.05, 0.1) is 25.1 Å². The fraction of sp³-hybridized carbons (Fsp3) is 0.800. The standard InChI is InChI=1S/C10H21N5O3S/c1-10(2,13-19(3,17)18)8-11-6-9-7-15(4-5-16)14-12-9/h7,11,13,16H,4-6,8H2,1-3H3. The van der Waals surface area contributed by atoms with Crippen molar-refractivity contribution < 1.29 is 13.5 Å². The molecular weight excluding hydrogens is 270 g/mol. The lowest BCUT2D eigenvalue weighted by Crippen LogP contribution is -2.49. The number of sulfonamides is 1. The molecule has 0 bridgehead atoms. The highest BCUT2D eigenvalue weighted by Gasteiger charge is 2.21. The predicted octanol–water partition coefficient (Wildman–Crippen LogP) is -1.31. The van der Waals surface area contributed by atoms with Crippen LogP contribution >= 0.6 is 0 Å². The molecule has 0 spiro atoms. The number of rotatable bonds is 8. The van der Waals surface area contributed by atoms with Gasteiger partial charge >= 0.3 is 0 Å². The number of aromatic nitrogens is 3. The van der Waals surface area contributed by atoms with Crippen molar-refractivity contribution in [1.29, 1.82) is 0 Å². The van der Waals surface area contributed by atoms with Gasteiger partial charge in [-0.1, -0.05) is 5.21 Å². The van der Waals surface area contributed by atoms with E-state index in [-0.39, 0.29) is 6.61 Å². The van der Waals surface area contributed by atoms with Crippen molar-refractivity contribution in [2.24, 2.45) is 0 Å². The zero-order valence-corrected chi connectivity index (χ0v) is 12.2. The Labute approximate surface area is 113 Å². The summed E-state index contributed by atoms with van der Waals surface area (Å²) < 4.78 is 26.4. The van der Waals surface area contributed by atoms with E-state index in [1.165, 1.54) is 0 Å². The smallest absolute Gasteiger partial charge is 0.209 e. The zero-order chi connectivity index (χ0) is 14.5. The molecule has 3 N–H and O–H groups in total.